The molecular weight excluding hydrogens is 326 g/mol. The molecule has 1 aliphatic rings. The van der Waals surface area contributed by atoms with Crippen LogP contribution < -0.4 is 15.8 Å². The zero-order chi connectivity index (χ0) is 18.4. The van der Waals surface area contributed by atoms with Gasteiger partial charge in [-0.25, -0.2) is 0 Å². The number of phenols is 1. The number of methoxy groups -OCH3 is 1. The highest BCUT2D eigenvalue weighted by Gasteiger charge is 2.39. The van der Waals surface area contributed by atoms with Gasteiger partial charge in [0, 0.05) is 6.54 Å². The van der Waals surface area contributed by atoms with E-state index in [-0.39, 0.29) is 17.6 Å². The Morgan fingerprint density at radius 3 is 2.76 bits per heavy atom. The number of nitrogens with one attached hydrogen (secondary N) is 1. The number of amides is 2. The number of rotatable bonds is 8. The van der Waals surface area contributed by atoms with Crippen molar-refractivity contribution < 1.29 is 24.5 Å². The number of ether oxygens (including phenoxy) is 1. The second-order valence-electron chi connectivity index (χ2n) is 5.98. The fourth-order valence-corrected chi connectivity index (χ4v) is 2.97. The molecule has 5 N–H and O–H groups in total. The highest BCUT2D eigenvalue weighted by Crippen LogP contribution is 2.26. The Morgan fingerprint density at radius 2 is 2.12 bits per heavy atom. The Labute approximate surface area is 146 Å². The van der Waals surface area contributed by atoms with Crippen molar-refractivity contribution in [2.24, 2.45) is 5.73 Å². The number of aliphatic hydroxyl groups is 1. The number of nitrogens with zero attached hydrogens (tertiary/aromatic N) is 1. The third kappa shape index (κ3) is 4.40. The van der Waals surface area contributed by atoms with Crippen LogP contribution in [0.2, 0.25) is 0 Å². The first-order chi connectivity index (χ1) is 12.0. The van der Waals surface area contributed by atoms with Gasteiger partial charge in [0.05, 0.1) is 13.7 Å². The van der Waals surface area contributed by atoms with Gasteiger partial charge in [-0.15, -0.1) is 0 Å². The highest BCUT2D eigenvalue weighted by molar-refractivity contribution is 5.97. The molecule has 1 aliphatic heterocycles. The number of piperazine rings is 1. The van der Waals surface area contributed by atoms with E-state index < -0.39 is 18.7 Å². The molecule has 25 heavy (non-hydrogen) atoms. The number of carbonyl (C=O) groups is 2. The summed E-state index contributed by atoms with van der Waals surface area (Å²) in [5.41, 5.74) is 6.44. The van der Waals surface area contributed by atoms with Crippen LogP contribution >= 0.6 is 0 Å². The van der Waals surface area contributed by atoms with Crippen LogP contribution in [0.1, 0.15) is 18.4 Å². The van der Waals surface area contributed by atoms with Gasteiger partial charge in [-0.2, -0.15) is 0 Å². The molecule has 0 spiro atoms. The molecular formula is C17H25N3O5. The maximum absolute atomic E-state index is 12.5. The van der Waals surface area contributed by atoms with Crippen molar-refractivity contribution in [2.45, 2.75) is 31.3 Å². The topological polar surface area (TPSA) is 125 Å². The third-order valence-corrected chi connectivity index (χ3v) is 4.31. The normalized spacial score (nSPS) is 20.5. The fraction of sp³-hybridized carbons (Fsp3) is 0.529. The van der Waals surface area contributed by atoms with E-state index in [1.54, 1.807) is 18.2 Å². The number of benzene rings is 1. The van der Waals surface area contributed by atoms with Gasteiger partial charge in [0.15, 0.2) is 11.5 Å². The Bertz CT molecular complexity index is 622. The van der Waals surface area contributed by atoms with Crippen LogP contribution in [-0.4, -0.2) is 65.8 Å². The molecule has 138 valence electrons. The summed E-state index contributed by atoms with van der Waals surface area (Å²) in [6, 6.07) is 3.58. The first kappa shape index (κ1) is 19.0. The average molecular weight is 351 g/mol. The second kappa shape index (κ2) is 8.68. The van der Waals surface area contributed by atoms with Gasteiger partial charge in [-0.3, -0.25) is 9.59 Å². The van der Waals surface area contributed by atoms with Gasteiger partial charge in [0.2, 0.25) is 11.8 Å². The van der Waals surface area contributed by atoms with E-state index in [9.17, 15) is 19.8 Å². The van der Waals surface area contributed by atoms with E-state index in [2.05, 4.69) is 5.32 Å². The molecule has 1 fully saturated rings. The number of phenolic OH excluding ortho intramolecular Hbond substituents is 1. The van der Waals surface area contributed by atoms with Crippen molar-refractivity contribution in [3.05, 3.63) is 23.8 Å². The van der Waals surface area contributed by atoms with E-state index in [0.29, 0.717) is 38.1 Å². The minimum atomic E-state index is -0.865. The van der Waals surface area contributed by atoms with E-state index in [1.165, 1.54) is 12.0 Å². The highest BCUT2D eigenvalue weighted by atomic mass is 16.5. The smallest absolute Gasteiger partial charge is 0.245 e. The predicted molar refractivity (Wildman–Crippen MR) is 91.2 cm³/mol. The molecule has 1 aromatic rings. The lowest BCUT2D eigenvalue weighted by Gasteiger charge is -2.38. The second-order valence-corrected chi connectivity index (χ2v) is 5.98. The van der Waals surface area contributed by atoms with Crippen LogP contribution in [-0.2, 0) is 16.0 Å². The number of carbonyl (C=O) groups excluding carboxylic acids is 2. The zero-order valence-electron chi connectivity index (χ0n) is 14.3. The summed E-state index contributed by atoms with van der Waals surface area (Å²) >= 11 is 0. The Kier molecular flexibility index (Phi) is 6.60. The molecule has 1 heterocycles. The SMILES string of the molecule is COc1cc(CCCN2C(=O)C(CCN)NC(=O)C2CO)ccc1O. The average Bonchev–Trinajstić information content (AvgIpc) is 2.60. The van der Waals surface area contributed by atoms with E-state index in [1.807, 2.05) is 0 Å². The lowest BCUT2D eigenvalue weighted by atomic mass is 10.0. The van der Waals surface area contributed by atoms with Crippen LogP contribution in [0.4, 0.5) is 0 Å². The Balaban J connectivity index is 2.01. The minimum Gasteiger partial charge on any atom is -0.504 e. The van der Waals surface area contributed by atoms with Crippen molar-refractivity contribution >= 4 is 11.8 Å². The number of aryl methyl sites for hydroxylation is 1. The van der Waals surface area contributed by atoms with E-state index >= 15 is 0 Å². The lowest BCUT2D eigenvalue weighted by molar-refractivity contribution is -0.151. The summed E-state index contributed by atoms with van der Waals surface area (Å²) in [6.45, 7) is 0.226. The molecule has 8 nitrogen and oxygen atoms in total. The summed E-state index contributed by atoms with van der Waals surface area (Å²) in [6.07, 6.45) is 1.62. The number of aromatic hydroxyl groups is 1. The van der Waals surface area contributed by atoms with Gasteiger partial charge in [-0.05, 0) is 43.5 Å². The molecule has 0 radical (unpaired) electrons. The van der Waals surface area contributed by atoms with Crippen molar-refractivity contribution in [1.82, 2.24) is 10.2 Å². The molecule has 0 bridgehead atoms. The number of nitrogens with two attached hydrogens (primary N) is 1. The van der Waals surface area contributed by atoms with Crippen LogP contribution in [0.15, 0.2) is 18.2 Å². The van der Waals surface area contributed by atoms with Gasteiger partial charge >= 0.3 is 0 Å². The van der Waals surface area contributed by atoms with Crippen LogP contribution in [0.3, 0.4) is 0 Å². The van der Waals surface area contributed by atoms with Crippen LogP contribution in [0.25, 0.3) is 0 Å². The summed E-state index contributed by atoms with van der Waals surface area (Å²) in [5.74, 6) is -0.111. The third-order valence-electron chi connectivity index (χ3n) is 4.31. The molecule has 2 atom stereocenters. The van der Waals surface area contributed by atoms with Crippen molar-refractivity contribution in [1.29, 1.82) is 0 Å². The van der Waals surface area contributed by atoms with Crippen molar-refractivity contribution in [3.8, 4) is 11.5 Å². The number of aliphatic hydroxyl groups excluding tert-OH is 1. The maximum atomic E-state index is 12.5. The van der Waals surface area contributed by atoms with Crippen molar-refractivity contribution in [3.63, 3.8) is 0 Å². The largest absolute Gasteiger partial charge is 0.504 e. The molecule has 0 aromatic heterocycles. The fourth-order valence-electron chi connectivity index (χ4n) is 2.97. The zero-order valence-corrected chi connectivity index (χ0v) is 14.3. The number of hydrogen-bond acceptors (Lipinski definition) is 6. The molecule has 2 amide bonds. The standard InChI is InChI=1S/C17H25N3O5/c1-25-15-9-11(4-5-14(15)22)3-2-8-20-13(10-21)16(23)19-12(6-7-18)17(20)24/h4-5,9,12-13,21-22H,2-3,6-8,10,18H2,1H3,(H,19,23). The first-order valence-corrected chi connectivity index (χ1v) is 8.29. The Hall–Kier alpha value is -2.32. The van der Waals surface area contributed by atoms with Gasteiger partial charge in [0.25, 0.3) is 0 Å². The monoisotopic (exact) mass is 351 g/mol. The summed E-state index contributed by atoms with van der Waals surface area (Å²) in [7, 11) is 1.48. The van der Waals surface area contributed by atoms with Crippen LogP contribution in [0.5, 0.6) is 11.5 Å². The van der Waals surface area contributed by atoms with Crippen molar-refractivity contribution in [2.75, 3.05) is 26.8 Å². The molecule has 0 aliphatic carbocycles. The number of hydrogen-bond donors (Lipinski definition) is 4. The summed E-state index contributed by atoms with van der Waals surface area (Å²) in [4.78, 5) is 26.0. The molecule has 0 saturated carbocycles. The molecule has 1 saturated heterocycles. The van der Waals surface area contributed by atoms with Gasteiger partial charge in [-0.1, -0.05) is 6.07 Å². The predicted octanol–water partition coefficient (Wildman–Crippen LogP) is -0.630. The van der Waals surface area contributed by atoms with Gasteiger partial charge < -0.3 is 30.9 Å². The lowest BCUT2D eigenvalue weighted by Crippen LogP contribution is -2.64. The molecule has 1 aromatic carbocycles. The minimum absolute atomic E-state index is 0.0686. The first-order valence-electron chi connectivity index (χ1n) is 8.29. The summed E-state index contributed by atoms with van der Waals surface area (Å²) < 4.78 is 5.08. The van der Waals surface area contributed by atoms with Crippen LogP contribution in [0, 0.1) is 0 Å². The quantitative estimate of drug-likeness (QED) is 0.494. The van der Waals surface area contributed by atoms with E-state index in [0.717, 1.165) is 5.56 Å². The van der Waals surface area contributed by atoms with E-state index in [4.69, 9.17) is 10.5 Å². The van der Waals surface area contributed by atoms with Gasteiger partial charge in [0.1, 0.15) is 12.1 Å². The molecule has 2 rings (SSSR count). The Morgan fingerprint density at radius 1 is 1.36 bits per heavy atom. The summed E-state index contributed by atoms with van der Waals surface area (Å²) in [5, 5.41) is 21.7. The maximum Gasteiger partial charge on any atom is 0.245 e. The molecule has 8 heteroatoms. The molecule has 2 unspecified atom stereocenters.